The van der Waals surface area contributed by atoms with E-state index < -0.39 is 0 Å². The van der Waals surface area contributed by atoms with Crippen molar-refractivity contribution >= 4 is 0 Å². The predicted octanol–water partition coefficient (Wildman–Crippen LogP) is 4.44. The number of hydrogen-bond donors (Lipinski definition) is 0. The molecule has 2 nitrogen and oxygen atoms in total. The summed E-state index contributed by atoms with van der Waals surface area (Å²) in [5.74, 6) is 2.86. The normalized spacial score (nSPS) is 38.1. The second-order valence-electron chi connectivity index (χ2n) is 6.99. The molecule has 1 aromatic rings. The van der Waals surface area contributed by atoms with E-state index in [1.807, 2.05) is 6.08 Å². The summed E-state index contributed by atoms with van der Waals surface area (Å²) in [6.07, 6.45) is 7.94. The molecule has 4 rings (SSSR count). The third-order valence-electron chi connectivity index (χ3n) is 6.01. The van der Waals surface area contributed by atoms with Crippen LogP contribution < -0.4 is 4.74 Å². The van der Waals surface area contributed by atoms with Crippen LogP contribution in [0.15, 0.2) is 30.5 Å². The highest BCUT2D eigenvalue weighted by Crippen LogP contribution is 2.54. The minimum atomic E-state index is -0.128. The van der Waals surface area contributed by atoms with Crippen LogP contribution in [0, 0.1) is 11.8 Å². The molecule has 0 N–H and O–H groups in total. The Kier molecular flexibility index (Phi) is 2.77. The fourth-order valence-corrected chi connectivity index (χ4v) is 4.88. The summed E-state index contributed by atoms with van der Waals surface area (Å²) in [5, 5.41) is 0. The maximum absolute atomic E-state index is 7.84. The van der Waals surface area contributed by atoms with Crippen molar-refractivity contribution in [3.8, 4) is 5.75 Å². The Bertz CT molecular complexity index is 624. The first-order valence-corrected chi connectivity index (χ1v) is 8.13. The van der Waals surface area contributed by atoms with Crippen LogP contribution in [0.5, 0.6) is 5.75 Å². The van der Waals surface area contributed by atoms with Crippen molar-refractivity contribution in [3.05, 3.63) is 41.6 Å². The summed E-state index contributed by atoms with van der Waals surface area (Å²) in [6.45, 7) is 2.22. The SMILES string of the molecule is [2H]C1=CC[C@H]2C3CCc4cc(OC)ccc4C3CC[C@]2(C)O1. The maximum atomic E-state index is 7.84. The molecule has 1 aromatic carbocycles. The summed E-state index contributed by atoms with van der Waals surface area (Å²) < 4.78 is 19.2. The third-order valence-corrected chi connectivity index (χ3v) is 6.01. The molecule has 1 aliphatic heterocycles. The molecule has 1 fully saturated rings. The first-order valence-electron chi connectivity index (χ1n) is 8.63. The molecule has 0 saturated heterocycles. The molecule has 2 aliphatic carbocycles. The number of ether oxygens (including phenoxy) is 2. The number of benzene rings is 1. The van der Waals surface area contributed by atoms with Crippen molar-refractivity contribution in [2.45, 2.75) is 50.5 Å². The van der Waals surface area contributed by atoms with Crippen LogP contribution >= 0.6 is 0 Å². The van der Waals surface area contributed by atoms with Crippen molar-refractivity contribution in [2.75, 3.05) is 7.11 Å². The van der Waals surface area contributed by atoms with Crippen LogP contribution in [-0.2, 0) is 11.2 Å². The monoisotopic (exact) mass is 285 g/mol. The van der Waals surface area contributed by atoms with E-state index >= 15 is 0 Å². The van der Waals surface area contributed by atoms with Gasteiger partial charge in [0.15, 0.2) is 0 Å². The molecular formula is C19H24O2. The maximum Gasteiger partial charge on any atom is 0.119 e. The lowest BCUT2D eigenvalue weighted by atomic mass is 9.57. The minimum absolute atomic E-state index is 0.128. The minimum Gasteiger partial charge on any atom is -0.497 e. The highest BCUT2D eigenvalue weighted by atomic mass is 16.5. The molecule has 21 heavy (non-hydrogen) atoms. The second kappa shape index (κ2) is 4.79. The lowest BCUT2D eigenvalue weighted by molar-refractivity contribution is -0.0886. The molecular weight excluding hydrogens is 260 g/mol. The average molecular weight is 285 g/mol. The second-order valence-corrected chi connectivity index (χ2v) is 6.99. The molecule has 3 aliphatic rings. The fraction of sp³-hybridized carbons (Fsp3) is 0.579. The molecule has 1 saturated carbocycles. The number of allylic oxidation sites excluding steroid dienone is 1. The predicted molar refractivity (Wildman–Crippen MR) is 83.5 cm³/mol. The quantitative estimate of drug-likeness (QED) is 0.759. The van der Waals surface area contributed by atoms with E-state index in [4.69, 9.17) is 10.8 Å². The van der Waals surface area contributed by atoms with Gasteiger partial charge in [-0.1, -0.05) is 6.07 Å². The number of methoxy groups -OCH3 is 1. The molecule has 0 aromatic heterocycles. The molecule has 0 spiro atoms. The van der Waals surface area contributed by atoms with Crippen molar-refractivity contribution in [1.29, 1.82) is 0 Å². The first-order chi connectivity index (χ1) is 10.6. The number of rotatable bonds is 1. The van der Waals surface area contributed by atoms with Gasteiger partial charge in [-0.2, -0.15) is 0 Å². The van der Waals surface area contributed by atoms with Crippen LogP contribution in [0.25, 0.3) is 0 Å². The largest absolute Gasteiger partial charge is 0.497 e. The van der Waals surface area contributed by atoms with E-state index in [1.54, 1.807) is 7.11 Å². The smallest absolute Gasteiger partial charge is 0.119 e. The molecule has 0 bridgehead atoms. The number of hydrogen-bond acceptors (Lipinski definition) is 2. The molecule has 1 heterocycles. The molecule has 112 valence electrons. The van der Waals surface area contributed by atoms with Crippen molar-refractivity contribution in [2.24, 2.45) is 11.8 Å². The lowest BCUT2D eigenvalue weighted by Crippen LogP contribution is -2.49. The van der Waals surface area contributed by atoms with Gasteiger partial charge >= 0.3 is 0 Å². The zero-order valence-electron chi connectivity index (χ0n) is 13.9. The molecule has 0 amide bonds. The average Bonchev–Trinajstić information content (AvgIpc) is 2.52. The van der Waals surface area contributed by atoms with E-state index in [9.17, 15) is 0 Å². The Labute approximate surface area is 128 Å². The first kappa shape index (κ1) is 12.1. The summed E-state index contributed by atoms with van der Waals surface area (Å²) in [4.78, 5) is 0. The van der Waals surface area contributed by atoms with Crippen LogP contribution in [0.1, 0.15) is 51.0 Å². The molecule has 4 atom stereocenters. The summed E-state index contributed by atoms with van der Waals surface area (Å²) in [5.41, 5.74) is 2.87. The highest BCUT2D eigenvalue weighted by Gasteiger charge is 2.49. The zero-order valence-corrected chi connectivity index (χ0v) is 12.9. The van der Waals surface area contributed by atoms with E-state index in [1.165, 1.54) is 24.0 Å². The van der Waals surface area contributed by atoms with E-state index in [-0.39, 0.29) is 5.60 Å². The van der Waals surface area contributed by atoms with Crippen LogP contribution in [-0.4, -0.2) is 12.7 Å². The fourth-order valence-electron chi connectivity index (χ4n) is 4.88. The summed E-state index contributed by atoms with van der Waals surface area (Å²) >= 11 is 0. The topological polar surface area (TPSA) is 18.5 Å². The van der Waals surface area contributed by atoms with Gasteiger partial charge in [0.2, 0.25) is 0 Å². The van der Waals surface area contributed by atoms with Gasteiger partial charge in [0.05, 0.1) is 13.3 Å². The van der Waals surface area contributed by atoms with Gasteiger partial charge in [-0.25, -0.2) is 0 Å². The van der Waals surface area contributed by atoms with E-state index in [2.05, 4.69) is 25.1 Å². The van der Waals surface area contributed by atoms with E-state index in [0.717, 1.165) is 25.0 Å². The molecule has 0 radical (unpaired) electrons. The standard InChI is InChI=1S/C19H24O2/c1-19-10-9-16-15-8-6-14(20-2)12-13(15)5-7-17(16)18(19)4-3-11-21-19/h3,6,8,11-12,16-18H,4-5,7,9-10H2,1-2H3/t16?,17?,18-,19-/m0/s1/i11D. The number of aryl methyl sites for hydroxylation is 1. The van der Waals surface area contributed by atoms with Gasteiger partial charge in [0.25, 0.3) is 0 Å². The Morgan fingerprint density at radius 1 is 1.38 bits per heavy atom. The van der Waals surface area contributed by atoms with Crippen molar-refractivity contribution in [3.63, 3.8) is 0 Å². The van der Waals surface area contributed by atoms with E-state index in [0.29, 0.717) is 24.0 Å². The highest BCUT2D eigenvalue weighted by molar-refractivity contribution is 5.40. The van der Waals surface area contributed by atoms with Gasteiger partial charge in [0, 0.05) is 5.92 Å². The van der Waals surface area contributed by atoms with Gasteiger partial charge in [-0.15, -0.1) is 0 Å². The molecule has 2 heteroatoms. The Balaban J connectivity index is 1.68. The number of fused-ring (bicyclic) bond motifs is 5. The zero-order chi connectivity index (χ0) is 15.3. The third kappa shape index (κ3) is 1.99. The van der Waals surface area contributed by atoms with Gasteiger partial charge in [-0.3, -0.25) is 0 Å². The molecule has 2 unspecified atom stereocenters. The van der Waals surface area contributed by atoms with Crippen molar-refractivity contribution in [1.82, 2.24) is 0 Å². The van der Waals surface area contributed by atoms with Crippen LogP contribution in [0.2, 0.25) is 0 Å². The van der Waals surface area contributed by atoms with Gasteiger partial charge in [0.1, 0.15) is 12.7 Å². The Hall–Kier alpha value is -1.44. The Morgan fingerprint density at radius 3 is 3.14 bits per heavy atom. The van der Waals surface area contributed by atoms with Gasteiger partial charge < -0.3 is 9.47 Å². The lowest BCUT2D eigenvalue weighted by Gasteiger charge is -2.52. The Morgan fingerprint density at radius 2 is 2.29 bits per heavy atom. The van der Waals surface area contributed by atoms with Gasteiger partial charge in [-0.05, 0) is 80.2 Å². The van der Waals surface area contributed by atoms with Crippen LogP contribution in [0.4, 0.5) is 0 Å². The summed E-state index contributed by atoms with van der Waals surface area (Å²) in [6, 6.07) is 6.61. The van der Waals surface area contributed by atoms with Crippen molar-refractivity contribution < 1.29 is 10.8 Å². The van der Waals surface area contributed by atoms with Crippen LogP contribution in [0.3, 0.4) is 0 Å². The summed E-state index contributed by atoms with van der Waals surface area (Å²) in [7, 11) is 1.74.